The molecule has 1 saturated heterocycles. The fourth-order valence-corrected chi connectivity index (χ4v) is 4.26. The summed E-state index contributed by atoms with van der Waals surface area (Å²) in [6.45, 7) is 3.01. The fourth-order valence-electron chi connectivity index (χ4n) is 4.26. The first kappa shape index (κ1) is 20.4. The Kier molecular flexibility index (Phi) is 5.08. The lowest BCUT2D eigenvalue weighted by Gasteiger charge is -2.15. The number of carbonyl (C=O) groups excluding carboxylic acids is 1. The maximum absolute atomic E-state index is 12.9. The zero-order chi connectivity index (χ0) is 22.9. The Morgan fingerprint density at radius 2 is 2.06 bits per heavy atom. The molecule has 1 N–H and O–H groups in total. The number of hydrogen-bond acceptors (Lipinski definition) is 5. The van der Waals surface area contributed by atoms with Gasteiger partial charge in [-0.2, -0.15) is 10.5 Å². The van der Waals surface area contributed by atoms with Crippen molar-refractivity contribution in [3.8, 4) is 34.7 Å². The highest BCUT2D eigenvalue weighted by atomic mass is 16.2. The van der Waals surface area contributed by atoms with Crippen LogP contribution < -0.4 is 0 Å². The van der Waals surface area contributed by atoms with Crippen LogP contribution in [-0.4, -0.2) is 38.8 Å². The molecular weight excluding hydrogens is 412 g/mol. The van der Waals surface area contributed by atoms with E-state index < -0.39 is 0 Å². The summed E-state index contributed by atoms with van der Waals surface area (Å²) in [6.07, 6.45) is 2.45. The van der Waals surface area contributed by atoms with Crippen molar-refractivity contribution in [2.75, 3.05) is 13.1 Å². The summed E-state index contributed by atoms with van der Waals surface area (Å²) in [5, 5.41) is 19.1. The summed E-state index contributed by atoms with van der Waals surface area (Å²) in [5.41, 5.74) is 6.19. The number of benzene rings is 1. The largest absolute Gasteiger partial charge is 0.339 e. The number of nitriles is 2. The Labute approximate surface area is 190 Å². The molecule has 160 valence electrons. The van der Waals surface area contributed by atoms with Crippen LogP contribution in [-0.2, 0) is 0 Å². The van der Waals surface area contributed by atoms with Crippen LogP contribution in [0.1, 0.15) is 28.0 Å². The lowest BCUT2D eigenvalue weighted by atomic mass is 10.0. The first-order valence-electron chi connectivity index (χ1n) is 10.7. The van der Waals surface area contributed by atoms with Crippen molar-refractivity contribution in [3.63, 3.8) is 0 Å². The second-order valence-electron chi connectivity index (χ2n) is 8.26. The minimum atomic E-state index is -0.149. The molecule has 1 amide bonds. The van der Waals surface area contributed by atoms with E-state index in [0.717, 1.165) is 33.4 Å². The normalized spacial score (nSPS) is 15.4. The quantitative estimate of drug-likeness (QED) is 0.514. The van der Waals surface area contributed by atoms with E-state index >= 15 is 0 Å². The number of aromatic amines is 1. The molecule has 1 atom stereocenters. The van der Waals surface area contributed by atoms with Crippen LogP contribution in [0.25, 0.3) is 33.5 Å². The van der Waals surface area contributed by atoms with Gasteiger partial charge in [-0.1, -0.05) is 12.1 Å². The molecule has 0 aliphatic carbocycles. The minimum Gasteiger partial charge on any atom is -0.339 e. The Morgan fingerprint density at radius 1 is 1.18 bits per heavy atom. The molecule has 0 bridgehead atoms. The number of nitrogens with one attached hydrogen (secondary N) is 1. The van der Waals surface area contributed by atoms with Gasteiger partial charge >= 0.3 is 0 Å². The van der Waals surface area contributed by atoms with Gasteiger partial charge in [-0.15, -0.1) is 0 Å². The van der Waals surface area contributed by atoms with E-state index in [2.05, 4.69) is 27.1 Å². The third-order valence-electron chi connectivity index (χ3n) is 6.04. The Balaban J connectivity index is 1.45. The molecule has 7 nitrogen and oxygen atoms in total. The highest BCUT2D eigenvalue weighted by Crippen LogP contribution is 2.29. The highest BCUT2D eigenvalue weighted by Gasteiger charge is 2.27. The van der Waals surface area contributed by atoms with Crippen LogP contribution >= 0.6 is 0 Å². The standard InChI is InChI=1S/C26H20N6O/c1-16-9-17(12-27)5-6-21(16)24-11-19-10-20(14-29-25(19)31-24)22-3-2-4-23(30-22)26(33)32-8-7-18(13-28)15-32/h2-6,9-11,14,18H,7-8,15H2,1H3,(H,29,31). The average molecular weight is 432 g/mol. The maximum atomic E-state index is 12.9. The SMILES string of the molecule is Cc1cc(C#N)ccc1-c1cc2cc(-c3cccc(C(=O)N4CCC(C#N)C4)n3)cnc2[nH]1. The first-order valence-corrected chi connectivity index (χ1v) is 10.7. The lowest BCUT2D eigenvalue weighted by molar-refractivity contribution is 0.0784. The number of aryl methyl sites for hydroxylation is 1. The number of rotatable bonds is 3. The van der Waals surface area contributed by atoms with Gasteiger partial charge in [0.25, 0.3) is 5.91 Å². The minimum absolute atomic E-state index is 0.105. The van der Waals surface area contributed by atoms with E-state index in [1.54, 1.807) is 23.2 Å². The molecule has 5 rings (SSSR count). The maximum Gasteiger partial charge on any atom is 0.272 e. The number of H-pyrrole nitrogens is 1. The molecule has 0 saturated carbocycles. The molecule has 0 spiro atoms. The van der Waals surface area contributed by atoms with Gasteiger partial charge in [0.05, 0.1) is 29.3 Å². The van der Waals surface area contributed by atoms with Crippen LogP contribution in [0.5, 0.6) is 0 Å². The molecule has 33 heavy (non-hydrogen) atoms. The summed E-state index contributed by atoms with van der Waals surface area (Å²) in [5.74, 6) is -0.255. The van der Waals surface area contributed by atoms with E-state index in [9.17, 15) is 4.79 Å². The van der Waals surface area contributed by atoms with Gasteiger partial charge in [-0.05, 0) is 55.3 Å². The predicted molar refractivity (Wildman–Crippen MR) is 124 cm³/mol. The number of pyridine rings is 2. The molecule has 1 aromatic carbocycles. The monoisotopic (exact) mass is 432 g/mol. The van der Waals surface area contributed by atoms with Crippen molar-refractivity contribution in [1.82, 2.24) is 19.9 Å². The zero-order valence-corrected chi connectivity index (χ0v) is 18.0. The summed E-state index contributed by atoms with van der Waals surface area (Å²) in [6, 6.07) is 19.4. The number of fused-ring (bicyclic) bond motifs is 1. The lowest BCUT2D eigenvalue weighted by Crippen LogP contribution is -2.29. The van der Waals surface area contributed by atoms with Crippen molar-refractivity contribution >= 4 is 16.9 Å². The number of carbonyl (C=O) groups is 1. The number of amides is 1. The van der Waals surface area contributed by atoms with E-state index in [1.807, 2.05) is 43.3 Å². The van der Waals surface area contributed by atoms with Crippen molar-refractivity contribution < 1.29 is 4.79 Å². The molecule has 7 heteroatoms. The van der Waals surface area contributed by atoms with Crippen LogP contribution in [0.4, 0.5) is 0 Å². The summed E-state index contributed by atoms with van der Waals surface area (Å²) < 4.78 is 0. The first-order chi connectivity index (χ1) is 16.1. The Hall–Kier alpha value is -4.49. The van der Waals surface area contributed by atoms with Crippen LogP contribution in [0, 0.1) is 35.5 Å². The van der Waals surface area contributed by atoms with Gasteiger partial charge in [0.2, 0.25) is 0 Å². The molecular formula is C26H20N6O. The number of aromatic nitrogens is 3. The van der Waals surface area contributed by atoms with E-state index in [-0.39, 0.29) is 11.8 Å². The smallest absolute Gasteiger partial charge is 0.272 e. The van der Waals surface area contributed by atoms with E-state index in [0.29, 0.717) is 36.5 Å². The third kappa shape index (κ3) is 3.81. The molecule has 4 aromatic rings. The van der Waals surface area contributed by atoms with Crippen molar-refractivity contribution in [3.05, 3.63) is 71.5 Å². The van der Waals surface area contributed by atoms with Gasteiger partial charge in [0.15, 0.2) is 0 Å². The molecule has 1 unspecified atom stereocenters. The van der Waals surface area contributed by atoms with Gasteiger partial charge in [0, 0.05) is 41.5 Å². The van der Waals surface area contributed by atoms with Crippen LogP contribution in [0.3, 0.4) is 0 Å². The van der Waals surface area contributed by atoms with E-state index in [1.165, 1.54) is 0 Å². The molecule has 0 radical (unpaired) electrons. The van der Waals surface area contributed by atoms with Crippen molar-refractivity contribution in [2.24, 2.45) is 5.92 Å². The number of likely N-dealkylation sites (tertiary alicyclic amines) is 1. The molecule has 1 aliphatic heterocycles. The molecule has 1 fully saturated rings. The fraction of sp³-hybridized carbons (Fsp3) is 0.192. The van der Waals surface area contributed by atoms with Gasteiger partial charge in [-0.3, -0.25) is 4.79 Å². The molecule has 3 aromatic heterocycles. The summed E-state index contributed by atoms with van der Waals surface area (Å²) in [7, 11) is 0. The third-order valence-corrected chi connectivity index (χ3v) is 6.04. The molecule has 1 aliphatic rings. The number of hydrogen-bond donors (Lipinski definition) is 1. The highest BCUT2D eigenvalue weighted by molar-refractivity contribution is 5.93. The van der Waals surface area contributed by atoms with Gasteiger partial charge < -0.3 is 9.88 Å². The zero-order valence-electron chi connectivity index (χ0n) is 18.0. The van der Waals surface area contributed by atoms with E-state index in [4.69, 9.17) is 10.5 Å². The topological polar surface area (TPSA) is 109 Å². The Bertz CT molecular complexity index is 1470. The Morgan fingerprint density at radius 3 is 2.82 bits per heavy atom. The predicted octanol–water partition coefficient (Wildman–Crippen LogP) is 4.46. The van der Waals surface area contributed by atoms with Gasteiger partial charge in [0.1, 0.15) is 11.3 Å². The van der Waals surface area contributed by atoms with Crippen LogP contribution in [0.15, 0.2) is 54.7 Å². The second kappa shape index (κ2) is 8.22. The average Bonchev–Trinajstić information content (AvgIpc) is 3.50. The van der Waals surface area contributed by atoms with Crippen molar-refractivity contribution in [1.29, 1.82) is 10.5 Å². The van der Waals surface area contributed by atoms with Crippen molar-refractivity contribution in [2.45, 2.75) is 13.3 Å². The second-order valence-corrected chi connectivity index (χ2v) is 8.26. The number of nitrogens with zero attached hydrogens (tertiary/aromatic N) is 5. The summed E-state index contributed by atoms with van der Waals surface area (Å²) in [4.78, 5) is 27.0. The summed E-state index contributed by atoms with van der Waals surface area (Å²) >= 11 is 0. The van der Waals surface area contributed by atoms with Gasteiger partial charge in [-0.25, -0.2) is 9.97 Å². The molecule has 4 heterocycles. The van der Waals surface area contributed by atoms with Crippen LogP contribution in [0.2, 0.25) is 0 Å².